The number of fused-ring (bicyclic) bond motifs is 3. The molecule has 0 heterocycles. The molecule has 1 unspecified atom stereocenters. The van der Waals surface area contributed by atoms with Gasteiger partial charge in [-0.25, -0.2) is 0 Å². The Balaban J connectivity index is 1.89. The van der Waals surface area contributed by atoms with Crippen LogP contribution in [0.25, 0.3) is 0 Å². The number of hydrogen-bond acceptors (Lipinski definition) is 6. The maximum Gasteiger partial charge on any atom is 0.313 e. The minimum atomic E-state index is -1.20. The molecule has 0 aromatic carbocycles. The van der Waals surface area contributed by atoms with E-state index in [-0.39, 0.29) is 28.4 Å². The number of aliphatic carboxylic acids is 1. The van der Waals surface area contributed by atoms with Crippen LogP contribution in [0.3, 0.4) is 0 Å². The van der Waals surface area contributed by atoms with Gasteiger partial charge in [0.15, 0.2) is 5.78 Å². The van der Waals surface area contributed by atoms with Crippen molar-refractivity contribution >= 4 is 17.7 Å². The highest BCUT2D eigenvalue weighted by Crippen LogP contribution is 2.69. The van der Waals surface area contributed by atoms with E-state index in [1.54, 1.807) is 20.8 Å². The molecule has 3 aliphatic rings. The lowest BCUT2D eigenvalue weighted by Gasteiger charge is -2.61. The minimum absolute atomic E-state index is 0.0223. The molecule has 0 aromatic rings. The third kappa shape index (κ3) is 6.17. The highest BCUT2D eigenvalue weighted by molar-refractivity contribution is 6.01. The van der Waals surface area contributed by atoms with Gasteiger partial charge < -0.3 is 19.7 Å². The molecular weight excluding hydrogens is 520 g/mol. The van der Waals surface area contributed by atoms with Crippen molar-refractivity contribution in [3.05, 3.63) is 47.1 Å². The largest absolute Gasteiger partial charge is 0.481 e. The number of carboxylic acids is 1. The van der Waals surface area contributed by atoms with E-state index in [9.17, 15) is 24.6 Å². The molecule has 0 aromatic heterocycles. The molecule has 2 N–H and O–H groups in total. The van der Waals surface area contributed by atoms with Crippen LogP contribution in [0.5, 0.6) is 0 Å². The second-order valence-corrected chi connectivity index (χ2v) is 13.6. The number of allylic oxidation sites excluding steroid dienone is 7. The summed E-state index contributed by atoms with van der Waals surface area (Å²) in [5, 5.41) is 20.7. The topological polar surface area (TPSA) is 110 Å². The highest BCUT2D eigenvalue weighted by atomic mass is 16.5. The van der Waals surface area contributed by atoms with Gasteiger partial charge in [0.25, 0.3) is 0 Å². The Kier molecular flexibility index (Phi) is 9.66. The van der Waals surface area contributed by atoms with E-state index in [1.165, 1.54) is 6.92 Å². The number of rotatable bonds is 9. The maximum atomic E-state index is 13.6. The molecule has 41 heavy (non-hydrogen) atoms. The van der Waals surface area contributed by atoms with E-state index in [2.05, 4.69) is 13.8 Å². The monoisotopic (exact) mass is 570 g/mol. The summed E-state index contributed by atoms with van der Waals surface area (Å²) in [6.07, 6.45) is 11.6. The first-order valence-electron chi connectivity index (χ1n) is 14.9. The van der Waals surface area contributed by atoms with Gasteiger partial charge >= 0.3 is 11.9 Å². The first-order valence-corrected chi connectivity index (χ1v) is 14.9. The molecule has 0 bridgehead atoms. The van der Waals surface area contributed by atoms with Crippen molar-refractivity contribution < 1.29 is 34.1 Å². The zero-order valence-corrected chi connectivity index (χ0v) is 26.4. The van der Waals surface area contributed by atoms with Crippen LogP contribution in [0.15, 0.2) is 47.1 Å². The SMILES string of the molecule is CCOC(/C=C/C(C)=C/C=C/C(C)=C1/C(=O)C[C@H]2[C@@]3(C)CC[C@@H](OC(C)=O)[C@](C)(C(=O)O)[C@@H]3CC[C@]12C)C(C)(C)O. The predicted octanol–water partition coefficient (Wildman–Crippen LogP) is 6.37. The van der Waals surface area contributed by atoms with Crippen LogP contribution >= 0.6 is 0 Å². The van der Waals surface area contributed by atoms with Gasteiger partial charge in [-0.3, -0.25) is 14.4 Å². The second-order valence-electron chi connectivity index (χ2n) is 13.6. The minimum Gasteiger partial charge on any atom is -0.481 e. The van der Waals surface area contributed by atoms with Crippen LogP contribution in [-0.4, -0.2) is 52.4 Å². The average Bonchev–Trinajstić information content (AvgIpc) is 3.13. The lowest BCUT2D eigenvalue weighted by Crippen LogP contribution is -2.61. The number of carboxylic acid groups (broad SMARTS) is 1. The Morgan fingerprint density at radius 1 is 1.07 bits per heavy atom. The van der Waals surface area contributed by atoms with Gasteiger partial charge in [-0.15, -0.1) is 0 Å². The number of aliphatic hydroxyl groups is 1. The number of hydrogen-bond donors (Lipinski definition) is 2. The van der Waals surface area contributed by atoms with Crippen molar-refractivity contribution in [1.29, 1.82) is 0 Å². The Hall–Kier alpha value is -2.51. The van der Waals surface area contributed by atoms with Crippen LogP contribution in [-0.2, 0) is 23.9 Å². The fourth-order valence-corrected chi connectivity index (χ4v) is 8.32. The molecule has 7 heteroatoms. The number of ketones is 1. The van der Waals surface area contributed by atoms with Crippen molar-refractivity contribution in [2.75, 3.05) is 6.61 Å². The normalized spacial score (nSPS) is 36.3. The Labute approximate surface area is 245 Å². The van der Waals surface area contributed by atoms with Gasteiger partial charge in [-0.2, -0.15) is 0 Å². The lowest BCUT2D eigenvalue weighted by molar-refractivity contribution is -0.204. The summed E-state index contributed by atoms with van der Waals surface area (Å²) in [5.41, 5.74) is -0.119. The first kappa shape index (κ1) is 33.0. The van der Waals surface area contributed by atoms with E-state index in [1.807, 2.05) is 51.2 Å². The van der Waals surface area contributed by atoms with Crippen LogP contribution < -0.4 is 0 Å². The summed E-state index contributed by atoms with van der Waals surface area (Å²) in [4.78, 5) is 38.1. The van der Waals surface area contributed by atoms with E-state index >= 15 is 0 Å². The van der Waals surface area contributed by atoms with Crippen LogP contribution in [0.4, 0.5) is 0 Å². The van der Waals surface area contributed by atoms with E-state index in [4.69, 9.17) is 9.47 Å². The summed E-state index contributed by atoms with van der Waals surface area (Å²) >= 11 is 0. The average molecular weight is 571 g/mol. The summed E-state index contributed by atoms with van der Waals surface area (Å²) in [5.74, 6) is -1.43. The highest BCUT2D eigenvalue weighted by Gasteiger charge is 2.68. The zero-order valence-electron chi connectivity index (χ0n) is 26.4. The van der Waals surface area contributed by atoms with Gasteiger partial charge in [0.05, 0.1) is 5.60 Å². The second kappa shape index (κ2) is 12.0. The Morgan fingerprint density at radius 3 is 2.29 bits per heavy atom. The van der Waals surface area contributed by atoms with Crippen molar-refractivity contribution in [1.82, 2.24) is 0 Å². The number of Topliss-reactive ketones (excluding diaryl/α,β-unsaturated/α-hetero) is 1. The molecule has 7 atom stereocenters. The molecule has 0 radical (unpaired) electrons. The quantitative estimate of drug-likeness (QED) is 0.188. The fraction of sp³-hybridized carbons (Fsp3) is 0.676. The van der Waals surface area contributed by atoms with Gasteiger partial charge in [-0.1, -0.05) is 49.8 Å². The summed E-state index contributed by atoms with van der Waals surface area (Å²) in [7, 11) is 0. The zero-order chi connectivity index (χ0) is 31.0. The third-order valence-corrected chi connectivity index (χ3v) is 10.3. The van der Waals surface area contributed by atoms with E-state index in [0.29, 0.717) is 32.3 Å². The molecule has 3 aliphatic carbocycles. The predicted molar refractivity (Wildman–Crippen MR) is 159 cm³/mol. The molecule has 3 rings (SSSR count). The fourth-order valence-electron chi connectivity index (χ4n) is 8.32. The molecule has 3 fully saturated rings. The molecule has 228 valence electrons. The molecule has 0 spiro atoms. The van der Waals surface area contributed by atoms with Crippen LogP contribution in [0.2, 0.25) is 0 Å². The Morgan fingerprint density at radius 2 is 1.73 bits per heavy atom. The summed E-state index contributed by atoms with van der Waals surface area (Å²) in [6, 6.07) is 0. The maximum absolute atomic E-state index is 13.6. The number of esters is 1. The van der Waals surface area contributed by atoms with Gasteiger partial charge in [0, 0.05) is 30.9 Å². The third-order valence-electron chi connectivity index (χ3n) is 10.3. The molecular formula is C34H50O7. The standard InChI is InChI=1S/C34H50O7/c1-10-40-27(31(5,6)39)15-14-21(2)12-11-13-22(3)29-24(36)20-26-32(7)19-17-28(41-23(4)35)34(9,30(37)38)25(32)16-18-33(26,29)8/h11-15,25-28,39H,10,16-20H2,1-9H3,(H,37,38)/b13-11+,15-14+,21-12+,29-22-/t25-,26+,27?,28-,32+,33+,34-/m1/s1. The molecule has 7 nitrogen and oxygen atoms in total. The Bertz CT molecular complexity index is 1170. The van der Waals surface area contributed by atoms with Crippen molar-refractivity contribution in [3.8, 4) is 0 Å². The number of carbonyl (C=O) groups excluding carboxylic acids is 2. The van der Waals surface area contributed by atoms with Crippen molar-refractivity contribution in [2.45, 2.75) is 112 Å². The van der Waals surface area contributed by atoms with E-state index < -0.39 is 35.2 Å². The van der Waals surface area contributed by atoms with Gasteiger partial charge in [-0.05, 0) is 90.0 Å². The van der Waals surface area contributed by atoms with Crippen molar-refractivity contribution in [2.24, 2.45) is 28.1 Å². The first-order chi connectivity index (χ1) is 18.9. The van der Waals surface area contributed by atoms with Crippen LogP contribution in [0.1, 0.15) is 94.4 Å². The van der Waals surface area contributed by atoms with Gasteiger partial charge in [0.1, 0.15) is 17.6 Å². The lowest BCUT2D eigenvalue weighted by atomic mass is 9.42. The molecule has 3 saturated carbocycles. The number of carbonyl (C=O) groups is 3. The summed E-state index contributed by atoms with van der Waals surface area (Å²) in [6.45, 7) is 17.2. The van der Waals surface area contributed by atoms with Crippen LogP contribution in [0, 0.1) is 28.1 Å². The van der Waals surface area contributed by atoms with E-state index in [0.717, 1.165) is 23.1 Å². The van der Waals surface area contributed by atoms with Crippen molar-refractivity contribution in [3.63, 3.8) is 0 Å². The number of ether oxygens (including phenoxy) is 2. The molecule has 0 saturated heterocycles. The summed E-state index contributed by atoms with van der Waals surface area (Å²) < 4.78 is 11.2. The molecule has 0 aliphatic heterocycles. The van der Waals surface area contributed by atoms with Gasteiger partial charge in [0.2, 0.25) is 0 Å². The smallest absolute Gasteiger partial charge is 0.313 e. The molecule has 0 amide bonds.